The highest BCUT2D eigenvalue weighted by atomic mass is 16.5. The zero-order valence-electron chi connectivity index (χ0n) is 12.4. The summed E-state index contributed by atoms with van der Waals surface area (Å²) in [4.78, 5) is 25.0. The summed E-state index contributed by atoms with van der Waals surface area (Å²) in [6.45, 7) is 3.54. The van der Waals surface area contributed by atoms with Gasteiger partial charge in [0.05, 0.1) is 6.61 Å². The van der Waals surface area contributed by atoms with Crippen molar-refractivity contribution in [3.63, 3.8) is 0 Å². The summed E-state index contributed by atoms with van der Waals surface area (Å²) < 4.78 is 4.88. The Bertz CT molecular complexity index is 476. The molecule has 0 bridgehead atoms. The Morgan fingerprint density at radius 1 is 1.38 bits per heavy atom. The van der Waals surface area contributed by atoms with Gasteiger partial charge in [-0.2, -0.15) is 0 Å². The van der Waals surface area contributed by atoms with Gasteiger partial charge in [0.1, 0.15) is 6.54 Å². The van der Waals surface area contributed by atoms with Crippen LogP contribution < -0.4 is 5.32 Å². The lowest BCUT2D eigenvalue weighted by atomic mass is 10.0. The molecule has 1 fully saturated rings. The molecular formula is C16H22N2O3. The van der Waals surface area contributed by atoms with Crippen LogP contribution in [0.1, 0.15) is 25.3 Å². The minimum Gasteiger partial charge on any atom is -0.465 e. The molecule has 0 spiro atoms. The molecule has 2 rings (SSSR count). The van der Waals surface area contributed by atoms with Gasteiger partial charge >= 0.3 is 5.97 Å². The molecule has 1 saturated heterocycles. The van der Waals surface area contributed by atoms with E-state index < -0.39 is 0 Å². The van der Waals surface area contributed by atoms with Crippen molar-refractivity contribution in [3.8, 4) is 0 Å². The zero-order valence-corrected chi connectivity index (χ0v) is 12.4. The monoisotopic (exact) mass is 290 g/mol. The fourth-order valence-corrected chi connectivity index (χ4v) is 2.44. The third kappa shape index (κ3) is 4.86. The predicted octanol–water partition coefficient (Wildman–Crippen LogP) is 1.33. The van der Waals surface area contributed by atoms with E-state index >= 15 is 0 Å². The highest BCUT2D eigenvalue weighted by molar-refractivity contribution is 5.83. The van der Waals surface area contributed by atoms with Crippen LogP contribution in [0.4, 0.5) is 0 Å². The molecule has 21 heavy (non-hydrogen) atoms. The van der Waals surface area contributed by atoms with Gasteiger partial charge in [0, 0.05) is 25.6 Å². The number of hydrogen-bond donors (Lipinski definition) is 1. The average Bonchev–Trinajstić information content (AvgIpc) is 2.49. The van der Waals surface area contributed by atoms with Gasteiger partial charge < -0.3 is 15.0 Å². The lowest BCUT2D eigenvalue weighted by Gasteiger charge is -2.31. The molecule has 1 aromatic carbocycles. The number of rotatable bonds is 6. The van der Waals surface area contributed by atoms with Crippen molar-refractivity contribution in [3.05, 3.63) is 35.9 Å². The second kappa shape index (κ2) is 7.78. The number of piperidine rings is 1. The molecule has 0 saturated carbocycles. The Hall–Kier alpha value is -1.88. The topological polar surface area (TPSA) is 58.6 Å². The van der Waals surface area contributed by atoms with E-state index in [0.29, 0.717) is 19.6 Å². The fourth-order valence-electron chi connectivity index (χ4n) is 2.44. The molecule has 1 aliphatic rings. The molecule has 0 aromatic heterocycles. The van der Waals surface area contributed by atoms with Crippen molar-refractivity contribution in [1.29, 1.82) is 0 Å². The van der Waals surface area contributed by atoms with Crippen LogP contribution in [0, 0.1) is 0 Å². The van der Waals surface area contributed by atoms with Gasteiger partial charge in [0.15, 0.2) is 0 Å². The molecule has 0 radical (unpaired) electrons. The summed E-state index contributed by atoms with van der Waals surface area (Å²) in [6, 6.07) is 10.3. The van der Waals surface area contributed by atoms with E-state index in [1.54, 1.807) is 11.8 Å². The standard InChI is InChI=1S/C16H22N2O3/c1-2-21-16(20)12-18-9-8-14(10-15(18)19)17-11-13-6-4-3-5-7-13/h3-7,14,17H,2,8-12H2,1H3/t14-/m0/s1. The lowest BCUT2D eigenvalue weighted by Crippen LogP contribution is -2.47. The number of carbonyl (C=O) groups excluding carboxylic acids is 2. The Morgan fingerprint density at radius 3 is 2.81 bits per heavy atom. The highest BCUT2D eigenvalue weighted by Crippen LogP contribution is 2.12. The summed E-state index contributed by atoms with van der Waals surface area (Å²) in [5.74, 6) is -0.318. The first kappa shape index (κ1) is 15.5. The molecule has 1 amide bonds. The lowest BCUT2D eigenvalue weighted by molar-refractivity contribution is -0.150. The van der Waals surface area contributed by atoms with Gasteiger partial charge in [-0.25, -0.2) is 0 Å². The van der Waals surface area contributed by atoms with Crippen molar-refractivity contribution < 1.29 is 14.3 Å². The number of carbonyl (C=O) groups is 2. The number of benzene rings is 1. The molecule has 114 valence electrons. The van der Waals surface area contributed by atoms with E-state index in [2.05, 4.69) is 17.4 Å². The molecule has 1 N–H and O–H groups in total. The first-order chi connectivity index (χ1) is 10.2. The largest absolute Gasteiger partial charge is 0.465 e. The van der Waals surface area contributed by atoms with Crippen LogP contribution in [0.25, 0.3) is 0 Å². The van der Waals surface area contributed by atoms with Crippen LogP contribution in [0.3, 0.4) is 0 Å². The van der Waals surface area contributed by atoms with Crippen LogP contribution in [-0.4, -0.2) is 42.5 Å². The fraction of sp³-hybridized carbons (Fsp3) is 0.500. The van der Waals surface area contributed by atoms with Crippen molar-refractivity contribution in [1.82, 2.24) is 10.2 Å². The first-order valence-corrected chi connectivity index (χ1v) is 7.39. The van der Waals surface area contributed by atoms with Crippen LogP contribution in [0.15, 0.2) is 30.3 Å². The van der Waals surface area contributed by atoms with E-state index in [9.17, 15) is 9.59 Å². The molecule has 1 aromatic rings. The third-order valence-corrected chi connectivity index (χ3v) is 3.58. The van der Waals surface area contributed by atoms with Gasteiger partial charge in [-0.05, 0) is 18.9 Å². The third-order valence-electron chi connectivity index (χ3n) is 3.58. The molecule has 5 nitrogen and oxygen atoms in total. The smallest absolute Gasteiger partial charge is 0.325 e. The summed E-state index contributed by atoms with van der Waals surface area (Å²) in [6.07, 6.45) is 1.30. The van der Waals surface area contributed by atoms with Gasteiger partial charge in [-0.15, -0.1) is 0 Å². The van der Waals surface area contributed by atoms with Gasteiger partial charge in [0.2, 0.25) is 5.91 Å². The summed E-state index contributed by atoms with van der Waals surface area (Å²) in [7, 11) is 0. The van der Waals surface area contributed by atoms with E-state index in [0.717, 1.165) is 13.0 Å². The maximum absolute atomic E-state index is 12.0. The van der Waals surface area contributed by atoms with Crippen LogP contribution in [0.2, 0.25) is 0 Å². The average molecular weight is 290 g/mol. The predicted molar refractivity (Wildman–Crippen MR) is 79.5 cm³/mol. The molecule has 0 unspecified atom stereocenters. The normalized spacial score (nSPS) is 18.6. The Kier molecular flexibility index (Phi) is 5.75. The minimum atomic E-state index is -0.332. The number of likely N-dealkylation sites (tertiary alicyclic amines) is 1. The quantitative estimate of drug-likeness (QED) is 0.803. The maximum atomic E-state index is 12.0. The molecular weight excluding hydrogens is 268 g/mol. The Labute approximate surface area is 125 Å². The first-order valence-electron chi connectivity index (χ1n) is 7.39. The number of ether oxygens (including phenoxy) is 1. The number of esters is 1. The van der Waals surface area contributed by atoms with Crippen molar-refractivity contribution in [2.24, 2.45) is 0 Å². The van der Waals surface area contributed by atoms with Crippen molar-refractivity contribution in [2.75, 3.05) is 19.7 Å². The van der Waals surface area contributed by atoms with Crippen molar-refractivity contribution >= 4 is 11.9 Å². The van der Waals surface area contributed by atoms with E-state index in [4.69, 9.17) is 4.74 Å². The van der Waals surface area contributed by atoms with E-state index in [1.165, 1.54) is 5.56 Å². The van der Waals surface area contributed by atoms with E-state index in [1.807, 2.05) is 18.2 Å². The molecule has 0 aliphatic carbocycles. The summed E-state index contributed by atoms with van der Waals surface area (Å²) in [5, 5.41) is 3.40. The zero-order chi connectivity index (χ0) is 15.1. The van der Waals surface area contributed by atoms with Crippen LogP contribution in [0.5, 0.6) is 0 Å². The summed E-state index contributed by atoms with van der Waals surface area (Å²) in [5.41, 5.74) is 1.21. The Balaban J connectivity index is 1.75. The number of nitrogens with one attached hydrogen (secondary N) is 1. The van der Waals surface area contributed by atoms with Gasteiger partial charge in [-0.3, -0.25) is 9.59 Å². The van der Waals surface area contributed by atoms with E-state index in [-0.39, 0.29) is 24.5 Å². The van der Waals surface area contributed by atoms with Crippen molar-refractivity contribution in [2.45, 2.75) is 32.4 Å². The second-order valence-electron chi connectivity index (χ2n) is 5.18. The van der Waals surface area contributed by atoms with Gasteiger partial charge in [-0.1, -0.05) is 30.3 Å². The Morgan fingerprint density at radius 2 is 2.14 bits per heavy atom. The minimum absolute atomic E-state index is 0.0138. The molecule has 1 atom stereocenters. The second-order valence-corrected chi connectivity index (χ2v) is 5.18. The highest BCUT2D eigenvalue weighted by Gasteiger charge is 2.27. The SMILES string of the molecule is CCOC(=O)CN1CC[C@H](NCc2ccccc2)CC1=O. The summed E-state index contributed by atoms with van der Waals surface area (Å²) >= 11 is 0. The van der Waals surface area contributed by atoms with Gasteiger partial charge in [0.25, 0.3) is 0 Å². The molecule has 5 heteroatoms. The number of amides is 1. The van der Waals surface area contributed by atoms with Crippen LogP contribution in [-0.2, 0) is 20.9 Å². The van der Waals surface area contributed by atoms with Crippen LogP contribution >= 0.6 is 0 Å². The number of nitrogens with zero attached hydrogens (tertiary/aromatic N) is 1. The molecule has 1 heterocycles. The number of hydrogen-bond acceptors (Lipinski definition) is 4. The molecule has 1 aliphatic heterocycles. The maximum Gasteiger partial charge on any atom is 0.325 e.